The quantitative estimate of drug-likeness (QED) is 0.717. The van der Waals surface area contributed by atoms with Crippen molar-refractivity contribution in [2.24, 2.45) is 0 Å². The van der Waals surface area contributed by atoms with Crippen LogP contribution < -0.4 is 10.5 Å². The highest BCUT2D eigenvalue weighted by atomic mass is 28.3. The average Bonchev–Trinajstić information content (AvgIpc) is 2.31. The molecule has 1 heterocycles. The molecule has 2 rings (SSSR count). The molecule has 0 bridgehead atoms. The van der Waals surface area contributed by atoms with Crippen LogP contribution in [-0.4, -0.2) is 13.1 Å². The van der Waals surface area contributed by atoms with E-state index < -0.39 is 8.07 Å². The Bertz CT molecular complexity index is 460. The smallest absolute Gasteiger partial charge is 0.135 e. The average molecular weight is 227 g/mol. The van der Waals surface area contributed by atoms with Crippen LogP contribution in [-0.2, 0) is 0 Å². The first kappa shape index (κ1) is 11.1. The molecular weight excluding hydrogens is 210 g/mol. The Labute approximate surface area is 98.2 Å². The second-order valence-corrected chi connectivity index (χ2v) is 9.05. The van der Waals surface area contributed by atoms with Gasteiger partial charge in [0.2, 0.25) is 0 Å². The van der Waals surface area contributed by atoms with Gasteiger partial charge >= 0.3 is 0 Å². The highest BCUT2D eigenvalue weighted by Gasteiger charge is 2.26. The van der Waals surface area contributed by atoms with Crippen LogP contribution in [0.3, 0.4) is 0 Å². The molecule has 0 N–H and O–H groups in total. The number of benzene rings is 1. The first-order chi connectivity index (χ1) is 7.60. The van der Waals surface area contributed by atoms with Crippen LogP contribution in [0.15, 0.2) is 48.7 Å². The van der Waals surface area contributed by atoms with E-state index in [-0.39, 0.29) is 0 Å². The van der Waals surface area contributed by atoms with E-state index in [4.69, 9.17) is 0 Å². The van der Waals surface area contributed by atoms with Crippen LogP contribution in [0.5, 0.6) is 0 Å². The Balaban J connectivity index is 2.43. The number of hydrogen-bond acceptors (Lipinski definition) is 1. The summed E-state index contributed by atoms with van der Waals surface area (Å²) in [5.41, 5.74) is 1.22. The summed E-state index contributed by atoms with van der Waals surface area (Å²) in [5, 5.41) is 2.69. The SMILES string of the molecule is Cc1ccc([Si](C)(C)c2ccccc2)nc1. The maximum absolute atomic E-state index is 4.59. The van der Waals surface area contributed by atoms with E-state index in [0.717, 1.165) is 0 Å². The number of rotatable bonds is 2. The fourth-order valence-corrected chi connectivity index (χ4v) is 4.05. The normalized spacial score (nSPS) is 11.4. The molecule has 0 unspecified atom stereocenters. The van der Waals surface area contributed by atoms with Crippen molar-refractivity contribution < 1.29 is 0 Å². The third-order valence-electron chi connectivity index (χ3n) is 3.05. The van der Waals surface area contributed by atoms with Crippen molar-refractivity contribution in [3.8, 4) is 0 Å². The molecule has 1 nitrogen and oxygen atoms in total. The second kappa shape index (κ2) is 4.22. The summed E-state index contributed by atoms with van der Waals surface area (Å²) in [5.74, 6) is 0. The van der Waals surface area contributed by atoms with Gasteiger partial charge in [0.1, 0.15) is 8.07 Å². The van der Waals surface area contributed by atoms with Crippen molar-refractivity contribution in [3.05, 3.63) is 54.2 Å². The van der Waals surface area contributed by atoms with E-state index >= 15 is 0 Å². The Morgan fingerprint density at radius 3 is 2.19 bits per heavy atom. The lowest BCUT2D eigenvalue weighted by atomic mass is 10.3. The second-order valence-electron chi connectivity index (χ2n) is 4.71. The number of aromatic nitrogens is 1. The molecule has 0 atom stereocenters. The van der Waals surface area contributed by atoms with Gasteiger partial charge in [0.15, 0.2) is 0 Å². The molecule has 0 fully saturated rings. The van der Waals surface area contributed by atoms with E-state index in [1.54, 1.807) is 0 Å². The van der Waals surface area contributed by atoms with E-state index in [0.29, 0.717) is 0 Å². The summed E-state index contributed by atoms with van der Waals surface area (Å²) in [6.45, 7) is 6.77. The van der Waals surface area contributed by atoms with Gasteiger partial charge in [-0.1, -0.05) is 54.7 Å². The van der Waals surface area contributed by atoms with Crippen molar-refractivity contribution in [3.63, 3.8) is 0 Å². The van der Waals surface area contributed by atoms with Crippen molar-refractivity contribution in [2.45, 2.75) is 20.0 Å². The van der Waals surface area contributed by atoms with Crippen LogP contribution >= 0.6 is 0 Å². The van der Waals surface area contributed by atoms with Crippen molar-refractivity contribution in [1.82, 2.24) is 4.98 Å². The minimum Gasteiger partial charge on any atom is -0.265 e. The molecule has 0 spiro atoms. The van der Waals surface area contributed by atoms with Crippen LogP contribution in [0.1, 0.15) is 5.56 Å². The molecule has 82 valence electrons. The van der Waals surface area contributed by atoms with Gasteiger partial charge in [-0.25, -0.2) is 0 Å². The molecule has 2 aromatic rings. The third kappa shape index (κ3) is 2.07. The Morgan fingerprint density at radius 2 is 1.62 bits per heavy atom. The molecular formula is C14H17NSi. The summed E-state index contributed by atoms with van der Waals surface area (Å²) < 4.78 is 0. The van der Waals surface area contributed by atoms with Gasteiger partial charge in [0.05, 0.1) is 0 Å². The van der Waals surface area contributed by atoms with Crippen LogP contribution in [0.4, 0.5) is 0 Å². The monoisotopic (exact) mass is 227 g/mol. The number of aryl methyl sites for hydroxylation is 1. The Morgan fingerprint density at radius 1 is 0.938 bits per heavy atom. The summed E-state index contributed by atoms with van der Waals surface area (Å²) in [6, 6.07) is 15.0. The van der Waals surface area contributed by atoms with Crippen LogP contribution in [0, 0.1) is 6.92 Å². The number of hydrogen-bond donors (Lipinski definition) is 0. The topological polar surface area (TPSA) is 12.9 Å². The molecule has 0 aliphatic carbocycles. The van der Waals surface area contributed by atoms with Gasteiger partial charge in [-0.2, -0.15) is 0 Å². The van der Waals surface area contributed by atoms with E-state index in [1.165, 1.54) is 16.1 Å². The highest BCUT2D eigenvalue weighted by Crippen LogP contribution is 2.03. The zero-order valence-electron chi connectivity index (χ0n) is 10.1. The summed E-state index contributed by atoms with van der Waals surface area (Å²) in [4.78, 5) is 4.59. The molecule has 0 aliphatic rings. The van der Waals surface area contributed by atoms with Crippen LogP contribution in [0.2, 0.25) is 13.1 Å². The lowest BCUT2D eigenvalue weighted by Crippen LogP contribution is -2.54. The standard InChI is InChI=1S/C14H17NSi/c1-12-9-10-14(15-11-12)16(2,3)13-7-5-4-6-8-13/h4-11H,1-3H3. The number of pyridine rings is 1. The maximum atomic E-state index is 4.59. The Kier molecular flexibility index (Phi) is 2.92. The van der Waals surface area contributed by atoms with Crippen molar-refractivity contribution >= 4 is 18.6 Å². The predicted molar refractivity (Wildman–Crippen MR) is 72.2 cm³/mol. The highest BCUT2D eigenvalue weighted by molar-refractivity contribution is 6.99. The van der Waals surface area contributed by atoms with Crippen molar-refractivity contribution in [2.75, 3.05) is 0 Å². The van der Waals surface area contributed by atoms with Crippen LogP contribution in [0.25, 0.3) is 0 Å². The molecule has 0 radical (unpaired) electrons. The molecule has 0 saturated carbocycles. The van der Waals surface area contributed by atoms with E-state index in [2.05, 4.69) is 67.5 Å². The summed E-state index contributed by atoms with van der Waals surface area (Å²) >= 11 is 0. The zero-order valence-corrected chi connectivity index (χ0v) is 11.1. The summed E-state index contributed by atoms with van der Waals surface area (Å²) in [7, 11) is -1.59. The first-order valence-electron chi connectivity index (χ1n) is 5.59. The molecule has 0 amide bonds. The minimum atomic E-state index is -1.59. The lowest BCUT2D eigenvalue weighted by molar-refractivity contribution is 1.30. The minimum absolute atomic E-state index is 1.22. The summed E-state index contributed by atoms with van der Waals surface area (Å²) in [6.07, 6.45) is 1.97. The largest absolute Gasteiger partial charge is 0.265 e. The Hall–Kier alpha value is -1.41. The van der Waals surface area contributed by atoms with Crippen molar-refractivity contribution in [1.29, 1.82) is 0 Å². The van der Waals surface area contributed by atoms with E-state index in [1.807, 2.05) is 6.20 Å². The predicted octanol–water partition coefficient (Wildman–Crippen LogP) is 2.21. The first-order valence-corrected chi connectivity index (χ1v) is 8.59. The molecule has 0 aliphatic heterocycles. The molecule has 0 saturated heterocycles. The zero-order chi connectivity index (χ0) is 11.6. The number of nitrogens with zero attached hydrogens (tertiary/aromatic N) is 1. The van der Waals surface area contributed by atoms with Gasteiger partial charge in [-0.05, 0) is 18.6 Å². The van der Waals surface area contributed by atoms with Gasteiger partial charge < -0.3 is 0 Å². The van der Waals surface area contributed by atoms with Gasteiger partial charge in [0, 0.05) is 11.5 Å². The lowest BCUT2D eigenvalue weighted by Gasteiger charge is -2.22. The third-order valence-corrected chi connectivity index (χ3v) is 6.40. The van der Waals surface area contributed by atoms with Gasteiger partial charge in [0.25, 0.3) is 0 Å². The van der Waals surface area contributed by atoms with Gasteiger partial charge in [-0.3, -0.25) is 4.98 Å². The molecule has 1 aromatic carbocycles. The van der Waals surface area contributed by atoms with Gasteiger partial charge in [-0.15, -0.1) is 0 Å². The van der Waals surface area contributed by atoms with E-state index in [9.17, 15) is 0 Å². The molecule has 1 aromatic heterocycles. The fourth-order valence-electron chi connectivity index (χ4n) is 1.84. The molecule has 2 heteroatoms. The molecule has 16 heavy (non-hydrogen) atoms. The maximum Gasteiger partial charge on any atom is 0.135 e. The fraction of sp³-hybridized carbons (Fsp3) is 0.214.